The molecule has 2 atom stereocenters. The highest BCUT2D eigenvalue weighted by atomic mass is 79.9. The minimum Gasteiger partial charge on any atom is -0.383 e. The molecule has 1 heterocycles. The van der Waals surface area contributed by atoms with Gasteiger partial charge in [0.2, 0.25) is 0 Å². The number of methoxy groups -OCH3 is 1. The van der Waals surface area contributed by atoms with E-state index in [1.807, 2.05) is 6.20 Å². The molecule has 1 aliphatic carbocycles. The van der Waals surface area contributed by atoms with Crippen molar-refractivity contribution in [1.29, 1.82) is 0 Å². The minimum absolute atomic E-state index is 0.348. The maximum atomic E-state index is 5.22. The molecule has 0 amide bonds. The van der Waals surface area contributed by atoms with Crippen LogP contribution in [0.25, 0.3) is 0 Å². The van der Waals surface area contributed by atoms with Crippen LogP contribution in [-0.2, 0) is 11.3 Å². The zero-order valence-corrected chi connectivity index (χ0v) is 15.2. The number of nitrogens with one attached hydrogen (secondary N) is 1. The molecule has 4 nitrogen and oxygen atoms in total. The fourth-order valence-electron chi connectivity index (χ4n) is 3.66. The SMILES string of the molecule is CCNC(c1c(Br)cnn1CCOC)C1CCCC1(C)C. The van der Waals surface area contributed by atoms with E-state index in [1.165, 1.54) is 25.0 Å². The molecular formula is C16H28BrN3O. The number of hydrogen-bond acceptors (Lipinski definition) is 3. The van der Waals surface area contributed by atoms with Crippen LogP contribution in [0.2, 0.25) is 0 Å². The number of halogens is 1. The fraction of sp³-hybridized carbons (Fsp3) is 0.812. The van der Waals surface area contributed by atoms with Gasteiger partial charge in [-0.2, -0.15) is 5.10 Å². The third-order valence-corrected chi connectivity index (χ3v) is 5.41. The third kappa shape index (κ3) is 3.69. The van der Waals surface area contributed by atoms with Gasteiger partial charge in [-0.3, -0.25) is 4.68 Å². The van der Waals surface area contributed by atoms with Crippen LogP contribution in [0.5, 0.6) is 0 Å². The summed E-state index contributed by atoms with van der Waals surface area (Å²) < 4.78 is 8.42. The smallest absolute Gasteiger partial charge is 0.0699 e. The Morgan fingerprint density at radius 1 is 1.57 bits per heavy atom. The Balaban J connectivity index is 2.31. The lowest BCUT2D eigenvalue weighted by molar-refractivity contribution is 0.171. The van der Waals surface area contributed by atoms with Crippen molar-refractivity contribution in [2.45, 2.75) is 52.6 Å². The van der Waals surface area contributed by atoms with Gasteiger partial charge in [-0.25, -0.2) is 0 Å². The maximum absolute atomic E-state index is 5.22. The summed E-state index contributed by atoms with van der Waals surface area (Å²) in [6, 6.07) is 0.348. The highest BCUT2D eigenvalue weighted by molar-refractivity contribution is 9.10. The summed E-state index contributed by atoms with van der Waals surface area (Å²) >= 11 is 3.70. The molecule has 0 aromatic carbocycles. The summed E-state index contributed by atoms with van der Waals surface area (Å²) in [5.74, 6) is 0.645. The van der Waals surface area contributed by atoms with Crippen molar-refractivity contribution in [1.82, 2.24) is 15.1 Å². The molecule has 21 heavy (non-hydrogen) atoms. The molecular weight excluding hydrogens is 330 g/mol. The van der Waals surface area contributed by atoms with E-state index in [9.17, 15) is 0 Å². The zero-order chi connectivity index (χ0) is 15.5. The lowest BCUT2D eigenvalue weighted by atomic mass is 9.76. The molecule has 1 aliphatic rings. The molecule has 1 N–H and O–H groups in total. The summed E-state index contributed by atoms with van der Waals surface area (Å²) in [5.41, 5.74) is 1.65. The van der Waals surface area contributed by atoms with E-state index in [1.54, 1.807) is 7.11 Å². The molecule has 2 unspecified atom stereocenters. The van der Waals surface area contributed by atoms with Crippen LogP contribution in [0.3, 0.4) is 0 Å². The maximum Gasteiger partial charge on any atom is 0.0699 e. The first-order valence-corrected chi connectivity index (χ1v) is 8.74. The molecule has 1 saturated carbocycles. The Bertz CT molecular complexity index is 458. The molecule has 2 rings (SSSR count). The Labute approximate surface area is 136 Å². The summed E-state index contributed by atoms with van der Waals surface area (Å²) in [5, 5.41) is 8.23. The standard InChI is InChI=1S/C16H28BrN3O/c1-5-18-14(12-7-6-8-16(12,2)3)15-13(17)11-19-20(15)9-10-21-4/h11-12,14,18H,5-10H2,1-4H3. The number of nitrogens with zero attached hydrogens (tertiary/aromatic N) is 2. The number of rotatable bonds is 7. The van der Waals surface area contributed by atoms with Crippen LogP contribution in [0, 0.1) is 11.3 Å². The van der Waals surface area contributed by atoms with Crippen molar-refractivity contribution < 1.29 is 4.74 Å². The van der Waals surface area contributed by atoms with Crippen molar-refractivity contribution in [3.63, 3.8) is 0 Å². The first-order chi connectivity index (χ1) is 10.0. The summed E-state index contributed by atoms with van der Waals surface area (Å²) in [6.07, 6.45) is 5.83. The van der Waals surface area contributed by atoms with E-state index in [0.717, 1.165) is 17.6 Å². The van der Waals surface area contributed by atoms with Crippen molar-refractivity contribution in [2.24, 2.45) is 11.3 Å². The minimum atomic E-state index is 0.348. The normalized spacial score (nSPS) is 22.6. The topological polar surface area (TPSA) is 39.1 Å². The quantitative estimate of drug-likeness (QED) is 0.807. The molecule has 0 bridgehead atoms. The lowest BCUT2D eigenvalue weighted by Crippen LogP contribution is -2.35. The van der Waals surface area contributed by atoms with Gasteiger partial charge in [-0.1, -0.05) is 27.2 Å². The molecule has 5 heteroatoms. The molecule has 120 valence electrons. The van der Waals surface area contributed by atoms with Crippen LogP contribution >= 0.6 is 15.9 Å². The van der Waals surface area contributed by atoms with Crippen LogP contribution in [0.4, 0.5) is 0 Å². The number of aromatic nitrogens is 2. The molecule has 0 spiro atoms. The van der Waals surface area contributed by atoms with Gasteiger partial charge in [-0.15, -0.1) is 0 Å². The Morgan fingerprint density at radius 3 is 2.90 bits per heavy atom. The molecule has 1 aromatic rings. The van der Waals surface area contributed by atoms with E-state index in [-0.39, 0.29) is 0 Å². The molecule has 0 radical (unpaired) electrons. The molecule has 1 aromatic heterocycles. The molecule has 0 saturated heterocycles. The highest BCUT2D eigenvalue weighted by Crippen LogP contribution is 2.49. The number of ether oxygens (including phenoxy) is 1. The number of hydrogen-bond donors (Lipinski definition) is 1. The van der Waals surface area contributed by atoms with Crippen molar-refractivity contribution >= 4 is 15.9 Å². The first kappa shape index (κ1) is 17.0. The van der Waals surface area contributed by atoms with Gasteiger partial charge in [-0.05, 0) is 46.6 Å². The van der Waals surface area contributed by atoms with E-state index < -0.39 is 0 Å². The van der Waals surface area contributed by atoms with Crippen LogP contribution in [0.15, 0.2) is 10.7 Å². The van der Waals surface area contributed by atoms with Gasteiger partial charge in [0, 0.05) is 7.11 Å². The van der Waals surface area contributed by atoms with Gasteiger partial charge in [0.25, 0.3) is 0 Å². The van der Waals surface area contributed by atoms with Gasteiger partial charge >= 0.3 is 0 Å². The van der Waals surface area contributed by atoms with Crippen molar-refractivity contribution in [2.75, 3.05) is 20.3 Å². The van der Waals surface area contributed by atoms with E-state index in [4.69, 9.17) is 4.74 Å². The summed E-state index contributed by atoms with van der Waals surface area (Å²) in [4.78, 5) is 0. The zero-order valence-electron chi connectivity index (χ0n) is 13.7. The fourth-order valence-corrected chi connectivity index (χ4v) is 4.20. The average Bonchev–Trinajstić information content (AvgIpc) is 2.97. The third-order valence-electron chi connectivity index (χ3n) is 4.80. The lowest BCUT2D eigenvalue weighted by Gasteiger charge is -2.35. The van der Waals surface area contributed by atoms with E-state index in [2.05, 4.69) is 51.8 Å². The second kappa shape index (κ2) is 7.25. The average molecular weight is 358 g/mol. The van der Waals surface area contributed by atoms with Crippen molar-refractivity contribution in [3.8, 4) is 0 Å². The van der Waals surface area contributed by atoms with Crippen LogP contribution in [-0.4, -0.2) is 30.0 Å². The van der Waals surface area contributed by atoms with Gasteiger partial charge in [0.05, 0.1) is 35.6 Å². The van der Waals surface area contributed by atoms with Gasteiger partial charge < -0.3 is 10.1 Å². The van der Waals surface area contributed by atoms with Crippen LogP contribution in [0.1, 0.15) is 51.8 Å². The predicted molar refractivity (Wildman–Crippen MR) is 89.3 cm³/mol. The predicted octanol–water partition coefficient (Wildman–Crippen LogP) is 3.77. The Morgan fingerprint density at radius 2 is 2.33 bits per heavy atom. The van der Waals surface area contributed by atoms with Gasteiger partial charge in [0.1, 0.15) is 0 Å². The molecule has 0 aliphatic heterocycles. The largest absolute Gasteiger partial charge is 0.383 e. The first-order valence-electron chi connectivity index (χ1n) is 7.94. The summed E-state index contributed by atoms with van der Waals surface area (Å²) in [7, 11) is 1.74. The highest BCUT2D eigenvalue weighted by Gasteiger charge is 2.41. The Hall–Kier alpha value is -0.390. The summed E-state index contributed by atoms with van der Waals surface area (Å²) in [6.45, 7) is 9.44. The second-order valence-electron chi connectivity index (χ2n) is 6.62. The van der Waals surface area contributed by atoms with E-state index >= 15 is 0 Å². The Kier molecular flexibility index (Phi) is 5.86. The van der Waals surface area contributed by atoms with E-state index in [0.29, 0.717) is 24.0 Å². The second-order valence-corrected chi connectivity index (χ2v) is 7.47. The monoisotopic (exact) mass is 357 g/mol. The molecule has 1 fully saturated rings. The van der Waals surface area contributed by atoms with Gasteiger partial charge in [0.15, 0.2) is 0 Å². The van der Waals surface area contributed by atoms with Crippen molar-refractivity contribution in [3.05, 3.63) is 16.4 Å². The van der Waals surface area contributed by atoms with Crippen LogP contribution < -0.4 is 5.32 Å².